The molecule has 0 radical (unpaired) electrons. The van der Waals surface area contributed by atoms with Crippen LogP contribution in [0, 0.1) is 0 Å². The summed E-state index contributed by atoms with van der Waals surface area (Å²) in [5.74, 6) is -1.41. The van der Waals surface area contributed by atoms with Crippen molar-refractivity contribution in [2.45, 2.75) is 6.92 Å². The second-order valence-corrected chi connectivity index (χ2v) is 5.48. The lowest BCUT2D eigenvalue weighted by Gasteiger charge is -2.05. The van der Waals surface area contributed by atoms with Gasteiger partial charge < -0.3 is 14.5 Å². The van der Waals surface area contributed by atoms with E-state index in [1.807, 2.05) is 0 Å². The van der Waals surface area contributed by atoms with Gasteiger partial charge in [-0.15, -0.1) is 0 Å². The Bertz CT molecular complexity index is 983. The van der Waals surface area contributed by atoms with Crippen LogP contribution in [-0.2, 0) is 4.74 Å². The largest absolute Gasteiger partial charge is 0.462 e. The number of esters is 1. The van der Waals surface area contributed by atoms with Crippen LogP contribution in [0.4, 0.5) is 11.7 Å². The predicted octanol–water partition coefficient (Wildman–Crippen LogP) is 2.75. The van der Waals surface area contributed by atoms with Gasteiger partial charge in [-0.05, 0) is 43.3 Å². The summed E-state index contributed by atoms with van der Waals surface area (Å²) >= 11 is 0. The van der Waals surface area contributed by atoms with Crippen LogP contribution in [0.1, 0.15) is 38.1 Å². The number of anilines is 2. The molecule has 3 aromatic rings. The van der Waals surface area contributed by atoms with E-state index in [2.05, 4.69) is 20.6 Å². The molecule has 3 rings (SSSR count). The monoisotopic (exact) mass is 380 g/mol. The summed E-state index contributed by atoms with van der Waals surface area (Å²) in [6.07, 6.45) is 4.09. The Morgan fingerprint density at radius 1 is 0.964 bits per heavy atom. The minimum atomic E-state index is -0.531. The summed E-state index contributed by atoms with van der Waals surface area (Å²) < 4.78 is 10.0. The number of nitrogens with zero attached hydrogens (tertiary/aromatic N) is 2. The maximum atomic E-state index is 12.3. The Morgan fingerprint density at radius 2 is 1.68 bits per heavy atom. The minimum absolute atomic E-state index is 0.0144. The fourth-order valence-electron chi connectivity index (χ4n) is 2.21. The zero-order valence-corrected chi connectivity index (χ0v) is 14.8. The maximum Gasteiger partial charge on any atom is 0.338 e. The molecule has 9 heteroatoms. The molecule has 2 aromatic heterocycles. The molecule has 142 valence electrons. The normalized spacial score (nSPS) is 10.2. The van der Waals surface area contributed by atoms with Crippen molar-refractivity contribution in [3.05, 3.63) is 71.9 Å². The molecule has 0 saturated heterocycles. The lowest BCUT2D eigenvalue weighted by molar-refractivity contribution is 0.0526. The van der Waals surface area contributed by atoms with Gasteiger partial charge >= 0.3 is 12.0 Å². The summed E-state index contributed by atoms with van der Waals surface area (Å²) in [5, 5.41) is 5.07. The van der Waals surface area contributed by atoms with E-state index in [0.717, 1.165) is 6.26 Å². The second-order valence-electron chi connectivity index (χ2n) is 5.48. The van der Waals surface area contributed by atoms with Crippen molar-refractivity contribution in [2.75, 3.05) is 17.2 Å². The van der Waals surface area contributed by atoms with Gasteiger partial charge in [-0.2, -0.15) is 4.98 Å². The molecule has 0 saturated carbocycles. The van der Waals surface area contributed by atoms with Crippen LogP contribution in [0.3, 0.4) is 0 Å². The number of amides is 2. The zero-order valence-electron chi connectivity index (χ0n) is 14.8. The van der Waals surface area contributed by atoms with Crippen LogP contribution in [0.15, 0.2) is 59.5 Å². The molecule has 0 bridgehead atoms. The Balaban J connectivity index is 1.61. The SMILES string of the molecule is CCOC(=O)c1ccc(NC(=O)c2coc(NC(=O)c3ccncc3)n2)cc1. The third-order valence-electron chi connectivity index (χ3n) is 3.55. The van der Waals surface area contributed by atoms with Crippen molar-refractivity contribution >= 4 is 29.5 Å². The van der Waals surface area contributed by atoms with E-state index in [1.165, 1.54) is 36.7 Å². The number of rotatable bonds is 6. The molecule has 1 aromatic carbocycles. The molecule has 28 heavy (non-hydrogen) atoms. The van der Waals surface area contributed by atoms with Gasteiger partial charge in [0.1, 0.15) is 6.26 Å². The standard InChI is InChI=1S/C19H16N4O5/c1-2-27-18(26)13-3-5-14(6-4-13)21-17(25)15-11-28-19(22-15)23-16(24)12-7-9-20-10-8-12/h3-11H,2H2,1H3,(H,21,25)(H,22,23,24). The molecule has 0 spiro atoms. The quantitative estimate of drug-likeness (QED) is 0.630. The number of carbonyl (C=O) groups excluding carboxylic acids is 3. The molecule has 0 atom stereocenters. The van der Waals surface area contributed by atoms with Crippen LogP contribution in [0.5, 0.6) is 0 Å². The Labute approximate surface area is 159 Å². The van der Waals surface area contributed by atoms with E-state index in [4.69, 9.17) is 9.15 Å². The topological polar surface area (TPSA) is 123 Å². The van der Waals surface area contributed by atoms with Crippen molar-refractivity contribution in [1.82, 2.24) is 9.97 Å². The average Bonchev–Trinajstić information content (AvgIpc) is 3.18. The number of carbonyl (C=O) groups is 3. The summed E-state index contributed by atoms with van der Waals surface area (Å²) in [6.45, 7) is 2.00. The minimum Gasteiger partial charge on any atom is -0.462 e. The number of benzene rings is 1. The first-order valence-electron chi connectivity index (χ1n) is 8.32. The molecule has 0 aliphatic heterocycles. The van der Waals surface area contributed by atoms with E-state index >= 15 is 0 Å². The molecule has 0 fully saturated rings. The third-order valence-corrected chi connectivity index (χ3v) is 3.55. The van der Waals surface area contributed by atoms with Crippen molar-refractivity contribution in [3.63, 3.8) is 0 Å². The molecule has 2 N–H and O–H groups in total. The number of oxazole rings is 1. The maximum absolute atomic E-state index is 12.3. The average molecular weight is 380 g/mol. The van der Waals surface area contributed by atoms with E-state index in [1.54, 1.807) is 19.1 Å². The van der Waals surface area contributed by atoms with E-state index in [0.29, 0.717) is 16.8 Å². The highest BCUT2D eigenvalue weighted by Crippen LogP contribution is 2.14. The van der Waals surface area contributed by atoms with Crippen LogP contribution in [0.25, 0.3) is 0 Å². The molecule has 0 aliphatic carbocycles. The van der Waals surface area contributed by atoms with E-state index < -0.39 is 17.8 Å². The molecule has 9 nitrogen and oxygen atoms in total. The Morgan fingerprint density at radius 3 is 2.36 bits per heavy atom. The highest BCUT2D eigenvalue weighted by molar-refractivity contribution is 6.05. The molecular weight excluding hydrogens is 364 g/mol. The smallest absolute Gasteiger partial charge is 0.338 e. The van der Waals surface area contributed by atoms with Gasteiger partial charge in [0.25, 0.3) is 11.8 Å². The summed E-state index contributed by atoms with van der Waals surface area (Å²) in [6, 6.07) is 9.17. The van der Waals surface area contributed by atoms with Gasteiger partial charge in [0.2, 0.25) is 0 Å². The van der Waals surface area contributed by atoms with Crippen LogP contribution in [0.2, 0.25) is 0 Å². The third kappa shape index (κ3) is 4.58. The Kier molecular flexibility index (Phi) is 5.75. The van der Waals surface area contributed by atoms with Crippen LogP contribution >= 0.6 is 0 Å². The number of hydrogen-bond donors (Lipinski definition) is 2. The van der Waals surface area contributed by atoms with Crippen molar-refractivity contribution in [1.29, 1.82) is 0 Å². The predicted molar refractivity (Wildman–Crippen MR) is 99.0 cm³/mol. The van der Waals surface area contributed by atoms with E-state index in [9.17, 15) is 14.4 Å². The van der Waals surface area contributed by atoms with Crippen LogP contribution < -0.4 is 10.6 Å². The first-order chi connectivity index (χ1) is 13.6. The Hall–Kier alpha value is -4.01. The first-order valence-corrected chi connectivity index (χ1v) is 8.32. The van der Waals surface area contributed by atoms with Gasteiger partial charge in [0.05, 0.1) is 12.2 Å². The zero-order chi connectivity index (χ0) is 19.9. The highest BCUT2D eigenvalue weighted by Gasteiger charge is 2.15. The molecule has 0 aliphatic rings. The molecular formula is C19H16N4O5. The van der Waals surface area contributed by atoms with Gasteiger partial charge in [-0.3, -0.25) is 19.9 Å². The van der Waals surface area contributed by atoms with Crippen molar-refractivity contribution < 1.29 is 23.5 Å². The molecule has 2 heterocycles. The number of pyridine rings is 1. The van der Waals surface area contributed by atoms with Crippen LogP contribution in [-0.4, -0.2) is 34.4 Å². The summed E-state index contributed by atoms with van der Waals surface area (Å²) in [4.78, 5) is 43.7. The molecule has 0 unspecified atom stereocenters. The lowest BCUT2D eigenvalue weighted by atomic mass is 10.2. The highest BCUT2D eigenvalue weighted by atomic mass is 16.5. The van der Waals surface area contributed by atoms with Gasteiger partial charge in [-0.25, -0.2) is 4.79 Å². The van der Waals surface area contributed by atoms with Gasteiger partial charge in [-0.1, -0.05) is 0 Å². The number of nitrogens with one attached hydrogen (secondary N) is 2. The van der Waals surface area contributed by atoms with Crippen molar-refractivity contribution in [3.8, 4) is 0 Å². The van der Waals surface area contributed by atoms with Crippen molar-refractivity contribution in [2.24, 2.45) is 0 Å². The second kappa shape index (κ2) is 8.58. The van der Waals surface area contributed by atoms with E-state index in [-0.39, 0.29) is 18.3 Å². The van der Waals surface area contributed by atoms with Gasteiger partial charge in [0.15, 0.2) is 5.69 Å². The number of ether oxygens (including phenoxy) is 1. The fourth-order valence-corrected chi connectivity index (χ4v) is 2.21. The lowest BCUT2D eigenvalue weighted by Crippen LogP contribution is -2.14. The first kappa shape index (κ1) is 18.8. The molecule has 2 amide bonds. The van der Waals surface area contributed by atoms with Gasteiger partial charge in [0, 0.05) is 23.6 Å². The summed E-state index contributed by atoms with van der Waals surface area (Å²) in [5.41, 5.74) is 1.20. The number of aromatic nitrogens is 2. The summed E-state index contributed by atoms with van der Waals surface area (Å²) in [7, 11) is 0. The fraction of sp³-hybridized carbons (Fsp3) is 0.105. The number of hydrogen-bond acceptors (Lipinski definition) is 7.